The molecule has 2 N–H and O–H groups in total. The van der Waals surface area contributed by atoms with E-state index in [-0.39, 0.29) is 35.2 Å². The first-order valence-electron chi connectivity index (χ1n) is 9.83. The lowest BCUT2D eigenvalue weighted by Gasteiger charge is -2.22. The number of sulfonamides is 1. The number of aromatic hydroxyl groups is 1. The molecule has 0 aliphatic carbocycles. The van der Waals surface area contributed by atoms with Gasteiger partial charge in [-0.05, 0) is 46.6 Å². The van der Waals surface area contributed by atoms with Crippen LogP contribution >= 0.6 is 0 Å². The maximum Gasteiger partial charge on any atom is 0.290 e. The lowest BCUT2D eigenvalue weighted by atomic mass is 10.1. The first-order chi connectivity index (χ1) is 15.4. The van der Waals surface area contributed by atoms with Crippen molar-refractivity contribution < 1.29 is 22.9 Å². The third-order valence-corrected chi connectivity index (χ3v) is 8.68. The van der Waals surface area contributed by atoms with Gasteiger partial charge in [0.1, 0.15) is 17.2 Å². The van der Waals surface area contributed by atoms with Crippen molar-refractivity contribution in [1.82, 2.24) is 14.6 Å². The predicted octanol–water partition coefficient (Wildman–Crippen LogP) is 1.85. The number of rotatable bonds is 6. The summed E-state index contributed by atoms with van der Waals surface area (Å²) in [6.45, 7) is -0.138. The van der Waals surface area contributed by atoms with Crippen LogP contribution in [0.15, 0.2) is 77.8 Å². The number of hydrogen-bond acceptors (Lipinski definition) is 6. The van der Waals surface area contributed by atoms with Crippen LogP contribution in [0.3, 0.4) is 0 Å². The molecule has 2 aromatic carbocycles. The predicted molar refractivity (Wildman–Crippen MR) is 120 cm³/mol. The molecule has 0 bridgehead atoms. The summed E-state index contributed by atoms with van der Waals surface area (Å²) in [7, 11) is -4.04. The van der Waals surface area contributed by atoms with Gasteiger partial charge in [-0.2, -0.15) is 0 Å². The number of nitrogens with one attached hydrogen (secondary N) is 1. The smallest absolute Gasteiger partial charge is 0.290 e. The van der Waals surface area contributed by atoms with Gasteiger partial charge in [-0.25, -0.2) is 8.42 Å². The molecule has 8 nitrogen and oxygen atoms in total. The molecule has 166 valence electrons. The van der Waals surface area contributed by atoms with Crippen LogP contribution in [-0.4, -0.2) is 50.9 Å². The first kappa shape index (κ1) is 22.3. The van der Waals surface area contributed by atoms with Crippen LogP contribution in [0.5, 0.6) is 5.75 Å². The Kier molecular flexibility index (Phi) is 6.47. The normalized spacial score (nSPS) is 19.0. The maximum absolute atomic E-state index is 13.2. The van der Waals surface area contributed by atoms with Crippen LogP contribution in [0.1, 0.15) is 5.69 Å². The molecule has 1 amide bonds. The van der Waals surface area contributed by atoms with E-state index in [0.29, 0.717) is 0 Å². The van der Waals surface area contributed by atoms with E-state index in [1.54, 1.807) is 18.2 Å². The minimum Gasteiger partial charge on any atom is -0.615 e. The van der Waals surface area contributed by atoms with E-state index in [4.69, 9.17) is 0 Å². The number of nitrogens with zero attached hydrogens (tertiary/aromatic N) is 2. The van der Waals surface area contributed by atoms with E-state index in [2.05, 4.69) is 10.3 Å². The van der Waals surface area contributed by atoms with Crippen molar-refractivity contribution in [1.29, 1.82) is 0 Å². The molecule has 10 heteroatoms. The van der Waals surface area contributed by atoms with Crippen molar-refractivity contribution in [3.63, 3.8) is 0 Å². The summed E-state index contributed by atoms with van der Waals surface area (Å²) in [5.74, 6) is -0.729. The van der Waals surface area contributed by atoms with Crippen molar-refractivity contribution >= 4 is 27.1 Å². The Balaban J connectivity index is 1.53. The lowest BCUT2D eigenvalue weighted by Crippen LogP contribution is -2.48. The van der Waals surface area contributed by atoms with Gasteiger partial charge in [0.25, 0.3) is 11.3 Å². The van der Waals surface area contributed by atoms with Crippen molar-refractivity contribution in [2.75, 3.05) is 12.3 Å². The van der Waals surface area contributed by atoms with Gasteiger partial charge in [0.15, 0.2) is 0 Å². The molecule has 1 aromatic heterocycles. The third kappa shape index (κ3) is 4.49. The zero-order valence-electron chi connectivity index (χ0n) is 16.9. The van der Waals surface area contributed by atoms with Crippen molar-refractivity contribution in [3.05, 3.63) is 78.6 Å². The highest BCUT2D eigenvalue weighted by Gasteiger charge is 2.49. The highest BCUT2D eigenvalue weighted by molar-refractivity contribution is 7.95. The monoisotopic (exact) mass is 471 g/mol. The SMILES string of the molecule is O=C(NCc1ncccc1O)C1N(S(=O)(=O)c2ccc(-c3ccccc3)cc2)CC[S+]1[O-]. The molecular weight excluding hydrogens is 450 g/mol. The van der Waals surface area contributed by atoms with Crippen LogP contribution in [0.4, 0.5) is 0 Å². The second kappa shape index (κ2) is 9.29. The van der Waals surface area contributed by atoms with Gasteiger partial charge in [0.05, 0.1) is 18.0 Å². The highest BCUT2D eigenvalue weighted by Crippen LogP contribution is 2.28. The Bertz CT molecular complexity index is 1200. The number of aromatic nitrogens is 1. The summed E-state index contributed by atoms with van der Waals surface area (Å²) in [4.78, 5) is 16.7. The number of carbonyl (C=O) groups is 1. The molecule has 1 aliphatic rings. The molecule has 2 atom stereocenters. The number of hydrogen-bond donors (Lipinski definition) is 2. The summed E-state index contributed by atoms with van der Waals surface area (Å²) < 4.78 is 39.9. The Hall–Kier alpha value is -2.92. The van der Waals surface area contributed by atoms with E-state index in [1.165, 1.54) is 24.4 Å². The molecule has 0 spiro atoms. The zero-order valence-corrected chi connectivity index (χ0v) is 18.6. The summed E-state index contributed by atoms with van der Waals surface area (Å²) in [6.07, 6.45) is 1.46. The van der Waals surface area contributed by atoms with Crippen molar-refractivity contribution in [2.24, 2.45) is 0 Å². The van der Waals surface area contributed by atoms with Crippen LogP contribution in [0, 0.1) is 0 Å². The average Bonchev–Trinajstić information content (AvgIpc) is 3.21. The van der Waals surface area contributed by atoms with Crippen LogP contribution in [-0.2, 0) is 32.5 Å². The van der Waals surface area contributed by atoms with Gasteiger partial charge in [-0.1, -0.05) is 42.5 Å². The number of amides is 1. The van der Waals surface area contributed by atoms with Gasteiger partial charge < -0.3 is 15.0 Å². The number of carbonyl (C=O) groups excluding carboxylic acids is 1. The van der Waals surface area contributed by atoms with E-state index < -0.39 is 32.5 Å². The Labute approximate surface area is 189 Å². The summed E-state index contributed by atoms with van der Waals surface area (Å²) >= 11 is -1.69. The highest BCUT2D eigenvalue weighted by atomic mass is 32.2. The van der Waals surface area contributed by atoms with Gasteiger partial charge in [0.2, 0.25) is 10.0 Å². The first-order valence-corrected chi connectivity index (χ1v) is 12.7. The molecule has 4 rings (SSSR count). The molecule has 0 saturated carbocycles. The van der Waals surface area contributed by atoms with Gasteiger partial charge in [-0.3, -0.25) is 9.78 Å². The molecule has 1 fully saturated rings. The van der Waals surface area contributed by atoms with Crippen molar-refractivity contribution in [3.8, 4) is 16.9 Å². The lowest BCUT2D eigenvalue weighted by molar-refractivity contribution is -0.122. The Morgan fingerprint density at radius 2 is 1.78 bits per heavy atom. The summed E-state index contributed by atoms with van der Waals surface area (Å²) in [6, 6.07) is 18.9. The Morgan fingerprint density at radius 3 is 2.47 bits per heavy atom. The molecule has 2 heterocycles. The van der Waals surface area contributed by atoms with E-state index in [0.717, 1.165) is 15.4 Å². The molecule has 1 saturated heterocycles. The Morgan fingerprint density at radius 1 is 1.09 bits per heavy atom. The molecule has 0 radical (unpaired) electrons. The molecule has 1 aliphatic heterocycles. The third-order valence-electron chi connectivity index (χ3n) is 5.11. The fraction of sp³-hybridized carbons (Fsp3) is 0.182. The summed E-state index contributed by atoms with van der Waals surface area (Å²) in [5, 5.41) is 11.0. The second-order valence-corrected chi connectivity index (χ2v) is 10.6. The van der Waals surface area contributed by atoms with E-state index in [9.17, 15) is 22.9 Å². The molecule has 3 aromatic rings. The second-order valence-electron chi connectivity index (χ2n) is 7.13. The minimum absolute atomic E-state index is 0.0243. The molecule has 32 heavy (non-hydrogen) atoms. The van der Waals surface area contributed by atoms with Gasteiger partial charge in [-0.15, -0.1) is 4.31 Å². The standard InChI is InChI=1S/C22H21N3O5S2/c26-20-7-4-12-23-19(20)15-24-21(27)22-25(13-14-31(22)28)32(29,30)18-10-8-17(9-11-18)16-5-2-1-3-6-16/h1-12,22,26H,13-15H2,(H,24,27). The van der Waals surface area contributed by atoms with Crippen molar-refractivity contribution in [2.45, 2.75) is 16.8 Å². The molecule has 2 unspecified atom stereocenters. The van der Waals surface area contributed by atoms with Crippen LogP contribution in [0.2, 0.25) is 0 Å². The average molecular weight is 472 g/mol. The van der Waals surface area contributed by atoms with Crippen LogP contribution in [0.25, 0.3) is 11.1 Å². The molecular formula is C22H21N3O5S2. The largest absolute Gasteiger partial charge is 0.615 e. The minimum atomic E-state index is -4.04. The van der Waals surface area contributed by atoms with E-state index >= 15 is 0 Å². The van der Waals surface area contributed by atoms with E-state index in [1.807, 2.05) is 30.3 Å². The fourth-order valence-electron chi connectivity index (χ4n) is 3.45. The zero-order chi connectivity index (χ0) is 22.7. The number of benzene rings is 2. The fourth-order valence-corrected chi connectivity index (χ4v) is 6.91. The van der Waals surface area contributed by atoms with Gasteiger partial charge in [0, 0.05) is 6.20 Å². The summed E-state index contributed by atoms with van der Waals surface area (Å²) in [5.41, 5.74) is 2.04. The number of pyridine rings is 1. The quantitative estimate of drug-likeness (QED) is 0.529. The maximum atomic E-state index is 13.2. The topological polar surface area (TPSA) is 123 Å². The van der Waals surface area contributed by atoms with Crippen LogP contribution < -0.4 is 5.32 Å². The van der Waals surface area contributed by atoms with Gasteiger partial charge >= 0.3 is 0 Å².